The van der Waals surface area contributed by atoms with E-state index in [1.807, 2.05) is 24.3 Å². The lowest BCUT2D eigenvalue weighted by Gasteiger charge is -2.22. The van der Waals surface area contributed by atoms with Gasteiger partial charge in [-0.25, -0.2) is 0 Å². The van der Waals surface area contributed by atoms with Gasteiger partial charge in [0.05, 0.1) is 11.3 Å². The minimum atomic E-state index is -0.489. The first kappa shape index (κ1) is 22.1. The van der Waals surface area contributed by atoms with Crippen LogP contribution >= 0.6 is 27.3 Å². The van der Waals surface area contributed by atoms with Gasteiger partial charge in [0, 0.05) is 22.4 Å². The van der Waals surface area contributed by atoms with Gasteiger partial charge in [-0.3, -0.25) is 4.79 Å². The highest BCUT2D eigenvalue weighted by molar-refractivity contribution is 9.10. The van der Waals surface area contributed by atoms with E-state index in [1.54, 1.807) is 6.08 Å². The Morgan fingerprint density at radius 2 is 2.00 bits per heavy atom. The van der Waals surface area contributed by atoms with Crippen LogP contribution in [0.4, 0.5) is 10.7 Å². The molecule has 1 aromatic carbocycles. The molecule has 1 aromatic heterocycles. The van der Waals surface area contributed by atoms with Crippen LogP contribution in [0.3, 0.4) is 0 Å². The molecule has 1 heterocycles. The van der Waals surface area contributed by atoms with Crippen molar-refractivity contribution in [2.45, 2.75) is 39.5 Å². The summed E-state index contributed by atoms with van der Waals surface area (Å²) < 4.78 is 0.912. The molecule has 2 aromatic rings. The fraction of sp³-hybridized carbons (Fsp3) is 0.348. The molecule has 0 saturated heterocycles. The number of benzene rings is 1. The predicted octanol–water partition coefficient (Wildman–Crippen LogP) is 5.65. The second kappa shape index (κ2) is 9.93. The molecular formula is C23H23BrN4OS. The number of halogens is 1. The number of anilines is 2. The minimum Gasteiger partial charge on any atom is -0.371 e. The fourth-order valence-corrected chi connectivity index (χ4v) is 5.57. The summed E-state index contributed by atoms with van der Waals surface area (Å²) in [5, 5.41) is 22.5. The molecule has 0 bridgehead atoms. The van der Waals surface area contributed by atoms with Crippen LogP contribution in [0.25, 0.3) is 6.08 Å². The topological polar surface area (TPSA) is 79.9 Å². The third kappa shape index (κ3) is 4.59. The number of carbonyl (C=O) groups excluding carboxylic acids is 1. The molecule has 0 spiro atoms. The maximum absolute atomic E-state index is 12.8. The molecule has 3 rings (SSSR count). The Labute approximate surface area is 189 Å². The second-order valence-corrected chi connectivity index (χ2v) is 8.99. The molecule has 1 aliphatic carbocycles. The maximum Gasteiger partial charge on any atom is 0.266 e. The standard InChI is InChI=1S/C23H23BrN4OS/c1-3-28(4-2)20-10-9-15(12-19(20)24)11-16(13-25)22(29)27-23-18(14-26)17-7-5-6-8-21(17)30-23/h9-12H,3-8H2,1-2H3,(H,27,29)/b16-11+. The van der Waals surface area contributed by atoms with Gasteiger partial charge in [-0.15, -0.1) is 11.3 Å². The number of hydrogen-bond donors (Lipinski definition) is 1. The van der Waals surface area contributed by atoms with Gasteiger partial charge in [-0.1, -0.05) is 6.07 Å². The van der Waals surface area contributed by atoms with E-state index in [2.05, 4.69) is 46.1 Å². The highest BCUT2D eigenvalue weighted by Crippen LogP contribution is 2.37. The Morgan fingerprint density at radius 1 is 1.27 bits per heavy atom. The Kier molecular flexibility index (Phi) is 7.31. The fourth-order valence-electron chi connectivity index (χ4n) is 3.69. The van der Waals surface area contributed by atoms with E-state index in [9.17, 15) is 15.3 Å². The van der Waals surface area contributed by atoms with Crippen molar-refractivity contribution in [1.82, 2.24) is 0 Å². The van der Waals surface area contributed by atoms with Crippen molar-refractivity contribution in [3.8, 4) is 12.1 Å². The number of amides is 1. The van der Waals surface area contributed by atoms with E-state index in [0.717, 1.165) is 60.1 Å². The highest BCUT2D eigenvalue weighted by atomic mass is 79.9. The van der Waals surface area contributed by atoms with Crippen LogP contribution in [0.1, 0.15) is 48.3 Å². The summed E-state index contributed by atoms with van der Waals surface area (Å²) in [4.78, 5) is 16.1. The van der Waals surface area contributed by atoms with E-state index in [4.69, 9.17) is 0 Å². The number of rotatable bonds is 6. The highest BCUT2D eigenvalue weighted by Gasteiger charge is 2.22. The van der Waals surface area contributed by atoms with Crippen LogP contribution < -0.4 is 10.2 Å². The van der Waals surface area contributed by atoms with Crippen molar-refractivity contribution in [2.24, 2.45) is 0 Å². The Balaban J connectivity index is 1.85. The summed E-state index contributed by atoms with van der Waals surface area (Å²) in [6.07, 6.45) is 5.56. The summed E-state index contributed by atoms with van der Waals surface area (Å²) in [6, 6.07) is 10.0. The quantitative estimate of drug-likeness (QED) is 0.425. The Hall–Kier alpha value is -2.61. The molecule has 0 fully saturated rings. The normalized spacial score (nSPS) is 13.2. The number of nitrogens with one attached hydrogen (secondary N) is 1. The van der Waals surface area contributed by atoms with Crippen LogP contribution in [0, 0.1) is 22.7 Å². The summed E-state index contributed by atoms with van der Waals surface area (Å²) in [5.74, 6) is -0.489. The van der Waals surface area contributed by atoms with Gasteiger partial charge in [0.1, 0.15) is 22.7 Å². The molecule has 5 nitrogen and oxygen atoms in total. The Morgan fingerprint density at radius 3 is 2.63 bits per heavy atom. The van der Waals surface area contributed by atoms with Gasteiger partial charge in [0.15, 0.2) is 0 Å². The largest absolute Gasteiger partial charge is 0.371 e. The van der Waals surface area contributed by atoms with Crippen molar-refractivity contribution in [3.05, 3.63) is 49.8 Å². The van der Waals surface area contributed by atoms with E-state index >= 15 is 0 Å². The van der Waals surface area contributed by atoms with Gasteiger partial charge in [-0.2, -0.15) is 10.5 Å². The van der Waals surface area contributed by atoms with E-state index < -0.39 is 5.91 Å². The zero-order valence-corrected chi connectivity index (χ0v) is 19.5. The summed E-state index contributed by atoms with van der Waals surface area (Å²) >= 11 is 5.05. The minimum absolute atomic E-state index is 0.00718. The lowest BCUT2D eigenvalue weighted by Crippen LogP contribution is -2.22. The van der Waals surface area contributed by atoms with Crippen LogP contribution in [0.15, 0.2) is 28.2 Å². The number of hydrogen-bond acceptors (Lipinski definition) is 5. The van der Waals surface area contributed by atoms with Crippen molar-refractivity contribution >= 4 is 49.9 Å². The molecule has 0 unspecified atom stereocenters. The maximum atomic E-state index is 12.8. The van der Waals surface area contributed by atoms with Crippen molar-refractivity contribution in [3.63, 3.8) is 0 Å². The molecule has 1 amide bonds. The van der Waals surface area contributed by atoms with Crippen LogP contribution in [-0.2, 0) is 17.6 Å². The molecule has 7 heteroatoms. The summed E-state index contributed by atoms with van der Waals surface area (Å²) in [7, 11) is 0. The first-order valence-electron chi connectivity index (χ1n) is 10.0. The number of carbonyl (C=O) groups is 1. The molecular weight excluding hydrogens is 460 g/mol. The average molecular weight is 483 g/mol. The lowest BCUT2D eigenvalue weighted by atomic mass is 9.96. The number of thiophene rings is 1. The SMILES string of the molecule is CCN(CC)c1ccc(/C=C(\C#N)C(=O)Nc2sc3c(c2C#N)CCCC3)cc1Br. The summed E-state index contributed by atoms with van der Waals surface area (Å²) in [6.45, 7) is 5.98. The van der Waals surface area contributed by atoms with Crippen LogP contribution in [0.2, 0.25) is 0 Å². The van der Waals surface area contributed by atoms with Gasteiger partial charge in [0.25, 0.3) is 5.91 Å². The Bertz CT molecular complexity index is 1070. The predicted molar refractivity (Wildman–Crippen MR) is 126 cm³/mol. The molecule has 0 atom stereocenters. The average Bonchev–Trinajstić information content (AvgIpc) is 3.10. The molecule has 1 N–H and O–H groups in total. The number of nitriles is 2. The first-order chi connectivity index (χ1) is 14.5. The molecule has 0 saturated carbocycles. The lowest BCUT2D eigenvalue weighted by molar-refractivity contribution is -0.112. The van der Waals surface area contributed by atoms with Crippen LogP contribution in [0.5, 0.6) is 0 Å². The molecule has 30 heavy (non-hydrogen) atoms. The number of fused-ring (bicyclic) bond motifs is 1. The third-order valence-electron chi connectivity index (χ3n) is 5.26. The van der Waals surface area contributed by atoms with Gasteiger partial charge in [-0.05, 0) is 84.8 Å². The monoisotopic (exact) mass is 482 g/mol. The van der Waals surface area contributed by atoms with Gasteiger partial charge < -0.3 is 10.2 Å². The first-order valence-corrected chi connectivity index (χ1v) is 11.7. The van der Waals surface area contributed by atoms with Crippen molar-refractivity contribution in [1.29, 1.82) is 10.5 Å². The summed E-state index contributed by atoms with van der Waals surface area (Å²) in [5.41, 5.74) is 3.44. The van der Waals surface area contributed by atoms with Crippen molar-refractivity contribution in [2.75, 3.05) is 23.3 Å². The third-order valence-corrected chi connectivity index (χ3v) is 7.10. The van der Waals surface area contributed by atoms with Crippen molar-refractivity contribution < 1.29 is 4.79 Å². The molecule has 1 aliphatic rings. The zero-order valence-electron chi connectivity index (χ0n) is 17.1. The number of aryl methyl sites for hydroxylation is 1. The van der Waals surface area contributed by atoms with Gasteiger partial charge >= 0.3 is 0 Å². The van der Waals surface area contributed by atoms with E-state index in [0.29, 0.717) is 10.6 Å². The second-order valence-electron chi connectivity index (χ2n) is 7.03. The van der Waals surface area contributed by atoms with Crippen LogP contribution in [-0.4, -0.2) is 19.0 Å². The zero-order chi connectivity index (χ0) is 21.7. The molecule has 0 radical (unpaired) electrons. The van der Waals surface area contributed by atoms with E-state index in [1.165, 1.54) is 16.2 Å². The number of nitrogens with zero attached hydrogens (tertiary/aromatic N) is 3. The van der Waals surface area contributed by atoms with E-state index in [-0.39, 0.29) is 5.57 Å². The smallest absolute Gasteiger partial charge is 0.266 e. The molecule has 154 valence electrons. The van der Waals surface area contributed by atoms with Gasteiger partial charge in [0.2, 0.25) is 0 Å². The molecule has 0 aliphatic heterocycles.